The van der Waals surface area contributed by atoms with Gasteiger partial charge in [0.1, 0.15) is 23.0 Å². The largest absolute Gasteiger partial charge is 0.496 e. The molecule has 0 bridgehead atoms. The summed E-state index contributed by atoms with van der Waals surface area (Å²) in [5, 5.41) is 17.8. The predicted molar refractivity (Wildman–Crippen MR) is 145 cm³/mol. The summed E-state index contributed by atoms with van der Waals surface area (Å²) in [6, 6.07) is 13.4. The van der Waals surface area contributed by atoms with Crippen LogP contribution in [0.2, 0.25) is 0 Å². The number of likely N-dealkylation sites (N-methyl/N-ethyl adjacent to an activating group) is 2. The smallest absolute Gasteiger partial charge is 0.293 e. The summed E-state index contributed by atoms with van der Waals surface area (Å²) < 4.78 is 7.63. The summed E-state index contributed by atoms with van der Waals surface area (Å²) in [7, 11) is 7.35. The van der Waals surface area contributed by atoms with Crippen LogP contribution in [0.25, 0.3) is 22.3 Å². The lowest BCUT2D eigenvalue weighted by atomic mass is 10.1. The Morgan fingerprint density at radius 3 is 2.54 bits per heavy atom. The Labute approximate surface area is 216 Å². The lowest BCUT2D eigenvalue weighted by molar-refractivity contribution is -0.384. The Kier molecular flexibility index (Phi) is 7.68. The third-order valence-corrected chi connectivity index (χ3v) is 6.27. The summed E-state index contributed by atoms with van der Waals surface area (Å²) in [6.07, 6.45) is 1.98. The van der Waals surface area contributed by atoms with Crippen LogP contribution in [-0.4, -0.2) is 70.9 Å². The normalized spacial score (nSPS) is 11.5. The molecule has 0 N–H and O–H groups in total. The first kappa shape index (κ1) is 26.0. The first-order valence-electron chi connectivity index (χ1n) is 12.2. The third kappa shape index (κ3) is 5.54. The fourth-order valence-electron chi connectivity index (χ4n) is 4.31. The number of fused-ring (bicyclic) bond motifs is 1. The Hall–Kier alpha value is -4.05. The van der Waals surface area contributed by atoms with Gasteiger partial charge >= 0.3 is 0 Å². The molecule has 4 rings (SSSR count). The fraction of sp³-hybridized carbons (Fsp3) is 0.370. The molecular formula is C27H33N7O3. The van der Waals surface area contributed by atoms with Gasteiger partial charge in [0.25, 0.3) is 5.69 Å². The topological polar surface area (TPSA) is 102 Å². The molecule has 10 nitrogen and oxygen atoms in total. The van der Waals surface area contributed by atoms with E-state index < -0.39 is 0 Å². The second-order valence-electron chi connectivity index (χ2n) is 9.57. The van der Waals surface area contributed by atoms with Crippen LogP contribution in [0.15, 0.2) is 48.7 Å². The van der Waals surface area contributed by atoms with Crippen molar-refractivity contribution in [3.05, 3.63) is 70.2 Å². The van der Waals surface area contributed by atoms with Crippen molar-refractivity contribution in [1.82, 2.24) is 24.6 Å². The zero-order valence-electron chi connectivity index (χ0n) is 22.2. The van der Waals surface area contributed by atoms with Crippen molar-refractivity contribution in [3.63, 3.8) is 0 Å². The van der Waals surface area contributed by atoms with Crippen molar-refractivity contribution < 1.29 is 9.66 Å². The summed E-state index contributed by atoms with van der Waals surface area (Å²) >= 11 is 0. The molecule has 2 heterocycles. The van der Waals surface area contributed by atoms with Crippen LogP contribution in [0, 0.1) is 10.1 Å². The molecule has 4 aromatic rings. The summed E-state index contributed by atoms with van der Waals surface area (Å²) in [5.74, 6) is 1.09. The number of hydrogen-bond donors (Lipinski definition) is 0. The molecule has 0 radical (unpaired) electrons. The number of para-hydroxylation sites is 1. The van der Waals surface area contributed by atoms with E-state index in [-0.39, 0.29) is 23.1 Å². The Morgan fingerprint density at radius 2 is 1.86 bits per heavy atom. The van der Waals surface area contributed by atoms with Crippen molar-refractivity contribution in [2.75, 3.05) is 46.2 Å². The first-order chi connectivity index (χ1) is 17.7. The van der Waals surface area contributed by atoms with Gasteiger partial charge in [0.15, 0.2) is 0 Å². The fourth-order valence-corrected chi connectivity index (χ4v) is 4.31. The van der Waals surface area contributed by atoms with Gasteiger partial charge < -0.3 is 14.5 Å². The molecule has 0 unspecified atom stereocenters. The number of rotatable bonds is 10. The van der Waals surface area contributed by atoms with E-state index in [1.165, 1.54) is 0 Å². The van der Waals surface area contributed by atoms with E-state index >= 15 is 0 Å². The number of ether oxygens (including phenoxy) is 1. The molecule has 0 amide bonds. The van der Waals surface area contributed by atoms with E-state index in [0.29, 0.717) is 35.1 Å². The molecule has 0 aliphatic rings. The van der Waals surface area contributed by atoms with E-state index in [2.05, 4.69) is 24.9 Å². The zero-order valence-corrected chi connectivity index (χ0v) is 22.2. The van der Waals surface area contributed by atoms with Crippen LogP contribution in [-0.2, 0) is 6.42 Å². The Balaban J connectivity index is 1.71. The monoisotopic (exact) mass is 503 g/mol. The summed E-state index contributed by atoms with van der Waals surface area (Å²) in [4.78, 5) is 24.8. The molecular weight excluding hydrogens is 470 g/mol. The van der Waals surface area contributed by atoms with Gasteiger partial charge in [-0.05, 0) is 40.1 Å². The average Bonchev–Trinajstić information content (AvgIpc) is 3.27. The minimum Gasteiger partial charge on any atom is -0.496 e. The highest BCUT2D eigenvalue weighted by Crippen LogP contribution is 2.36. The van der Waals surface area contributed by atoms with Crippen molar-refractivity contribution in [2.45, 2.75) is 26.3 Å². The Morgan fingerprint density at radius 1 is 1.11 bits per heavy atom. The molecule has 10 heteroatoms. The van der Waals surface area contributed by atoms with E-state index in [1.807, 2.05) is 59.9 Å². The number of methoxy groups -OCH3 is 1. The number of anilines is 1. The van der Waals surface area contributed by atoms with Crippen LogP contribution < -0.4 is 9.64 Å². The molecule has 0 saturated heterocycles. The van der Waals surface area contributed by atoms with Gasteiger partial charge in [0, 0.05) is 61.9 Å². The summed E-state index contributed by atoms with van der Waals surface area (Å²) in [5.41, 5.74) is 3.70. The average molecular weight is 504 g/mol. The van der Waals surface area contributed by atoms with Crippen LogP contribution in [0.5, 0.6) is 5.75 Å². The molecule has 0 saturated carbocycles. The quantitative estimate of drug-likeness (QED) is 0.229. The first-order valence-corrected chi connectivity index (χ1v) is 12.2. The highest BCUT2D eigenvalue weighted by molar-refractivity contribution is 5.92. The maximum Gasteiger partial charge on any atom is 0.293 e. The zero-order chi connectivity index (χ0) is 26.7. The van der Waals surface area contributed by atoms with Gasteiger partial charge in [-0.1, -0.05) is 18.2 Å². The molecule has 2 aromatic carbocycles. The molecule has 0 spiro atoms. The van der Waals surface area contributed by atoms with Gasteiger partial charge in [0.2, 0.25) is 0 Å². The molecule has 37 heavy (non-hydrogen) atoms. The number of nitro groups is 1. The number of aromatic nitrogens is 4. The van der Waals surface area contributed by atoms with E-state index in [0.717, 1.165) is 23.1 Å². The van der Waals surface area contributed by atoms with Gasteiger partial charge in [-0.2, -0.15) is 5.10 Å². The predicted octanol–water partition coefficient (Wildman–Crippen LogP) is 4.58. The molecule has 0 atom stereocenters. The lowest BCUT2D eigenvalue weighted by Crippen LogP contribution is -2.29. The SMILES string of the molecule is COc1cc(N(C)CCN(C)C)c([N+](=O)[O-])cc1Cc1nccc(-c2nn(C(C)C)c3ccccc23)n1. The number of nitro benzene ring substituents is 1. The standard InChI is InChI=1S/C27H33N7O3/c1-18(2)33-22-10-8-7-9-20(22)27(30-33)21-11-12-28-26(29-21)16-19-15-24(34(35)36)23(17-25(19)37-6)32(5)14-13-31(3)4/h7-12,15,17-18H,13-14,16H2,1-6H3. The van der Waals surface area contributed by atoms with Crippen LogP contribution in [0.3, 0.4) is 0 Å². The lowest BCUT2D eigenvalue weighted by Gasteiger charge is -2.22. The van der Waals surface area contributed by atoms with Crippen LogP contribution >= 0.6 is 0 Å². The van der Waals surface area contributed by atoms with Gasteiger partial charge in [0.05, 0.1) is 23.2 Å². The number of nitrogens with zero attached hydrogens (tertiary/aromatic N) is 7. The minimum atomic E-state index is -0.355. The van der Waals surface area contributed by atoms with Crippen molar-refractivity contribution in [3.8, 4) is 17.1 Å². The third-order valence-electron chi connectivity index (χ3n) is 6.27. The maximum absolute atomic E-state index is 12.0. The highest BCUT2D eigenvalue weighted by atomic mass is 16.6. The van der Waals surface area contributed by atoms with Gasteiger partial charge in [-0.25, -0.2) is 9.97 Å². The Bertz CT molecular complexity index is 1410. The van der Waals surface area contributed by atoms with Gasteiger partial charge in [-0.3, -0.25) is 14.8 Å². The molecule has 194 valence electrons. The minimum absolute atomic E-state index is 0.0230. The van der Waals surface area contributed by atoms with E-state index in [4.69, 9.17) is 14.8 Å². The van der Waals surface area contributed by atoms with E-state index in [1.54, 1.807) is 25.4 Å². The van der Waals surface area contributed by atoms with Crippen LogP contribution in [0.4, 0.5) is 11.4 Å². The molecule has 0 aliphatic heterocycles. The van der Waals surface area contributed by atoms with Crippen molar-refractivity contribution in [1.29, 1.82) is 0 Å². The molecule has 0 aliphatic carbocycles. The number of hydrogen-bond acceptors (Lipinski definition) is 8. The second kappa shape index (κ2) is 10.9. The van der Waals surface area contributed by atoms with Crippen LogP contribution in [0.1, 0.15) is 31.3 Å². The van der Waals surface area contributed by atoms with E-state index in [9.17, 15) is 10.1 Å². The number of benzene rings is 2. The summed E-state index contributed by atoms with van der Waals surface area (Å²) in [6.45, 7) is 5.59. The molecule has 0 fully saturated rings. The van der Waals surface area contributed by atoms with Gasteiger partial charge in [-0.15, -0.1) is 0 Å². The van der Waals surface area contributed by atoms with Crippen molar-refractivity contribution in [2.24, 2.45) is 0 Å². The van der Waals surface area contributed by atoms with Crippen molar-refractivity contribution >= 4 is 22.3 Å². The highest BCUT2D eigenvalue weighted by Gasteiger charge is 2.23. The molecule has 2 aromatic heterocycles. The second-order valence-corrected chi connectivity index (χ2v) is 9.57. The maximum atomic E-state index is 12.0.